The number of halogens is 3. The van der Waals surface area contributed by atoms with E-state index in [1.807, 2.05) is 24.5 Å². The van der Waals surface area contributed by atoms with Crippen LogP contribution in [0.1, 0.15) is 53.6 Å². The quantitative estimate of drug-likeness (QED) is 0.327. The minimum Gasteiger partial charge on any atom is -0.489 e. The number of alkyl halides is 3. The minimum atomic E-state index is -4.33. The number of benzene rings is 1. The van der Waals surface area contributed by atoms with E-state index < -0.39 is 11.7 Å². The number of likely N-dealkylation sites (tertiary alicyclic amines) is 1. The molecule has 2 aliphatic rings. The number of aromatic nitrogens is 2. The van der Waals surface area contributed by atoms with Crippen LogP contribution in [-0.4, -0.2) is 52.9 Å². The molecule has 9 heteroatoms. The fourth-order valence-electron chi connectivity index (χ4n) is 5.40. The Labute approximate surface area is 226 Å². The van der Waals surface area contributed by atoms with Gasteiger partial charge in [-0.1, -0.05) is 0 Å². The summed E-state index contributed by atoms with van der Waals surface area (Å²) in [6.45, 7) is 4.24. The SMILES string of the molecule is O=C(CC1CCN(Cc2ccncc2)CC1)c1cncc(OC2CCN(c3ccc(C(F)(F)F)cc3)CC2)c1. The molecule has 2 aromatic heterocycles. The smallest absolute Gasteiger partial charge is 0.416 e. The van der Waals surface area contributed by atoms with Gasteiger partial charge < -0.3 is 9.64 Å². The Balaban J connectivity index is 1.08. The summed E-state index contributed by atoms with van der Waals surface area (Å²) in [7, 11) is 0. The number of anilines is 1. The van der Waals surface area contributed by atoms with Gasteiger partial charge in [0.15, 0.2) is 5.78 Å². The molecule has 0 atom stereocenters. The number of Topliss-reactive ketones (excluding diaryl/α,β-unsaturated/α-hetero) is 1. The monoisotopic (exact) mass is 538 g/mol. The number of rotatable bonds is 8. The van der Waals surface area contributed by atoms with Crippen LogP contribution in [0.5, 0.6) is 5.75 Å². The van der Waals surface area contributed by atoms with Crippen molar-refractivity contribution in [2.75, 3.05) is 31.1 Å². The molecule has 0 amide bonds. The van der Waals surface area contributed by atoms with Crippen molar-refractivity contribution in [3.8, 4) is 5.75 Å². The number of ether oxygens (including phenoxy) is 1. The Bertz CT molecular complexity index is 1220. The Hall–Kier alpha value is -3.46. The topological polar surface area (TPSA) is 58.6 Å². The number of hydrogen-bond donors (Lipinski definition) is 0. The average Bonchev–Trinajstić information content (AvgIpc) is 2.95. The second-order valence-corrected chi connectivity index (χ2v) is 10.5. The van der Waals surface area contributed by atoms with Crippen LogP contribution in [0, 0.1) is 5.92 Å². The molecule has 0 bridgehead atoms. The molecule has 206 valence electrons. The van der Waals surface area contributed by atoms with Gasteiger partial charge in [0.2, 0.25) is 0 Å². The van der Waals surface area contributed by atoms with Crippen LogP contribution >= 0.6 is 0 Å². The number of piperidine rings is 2. The van der Waals surface area contributed by atoms with Crippen LogP contribution in [0.25, 0.3) is 0 Å². The largest absolute Gasteiger partial charge is 0.489 e. The van der Waals surface area contributed by atoms with Gasteiger partial charge in [-0.2, -0.15) is 13.2 Å². The van der Waals surface area contributed by atoms with E-state index in [4.69, 9.17) is 4.74 Å². The molecule has 0 spiro atoms. The lowest BCUT2D eigenvalue weighted by Gasteiger charge is -2.33. The molecular formula is C30H33F3N4O2. The summed E-state index contributed by atoms with van der Waals surface area (Å²) in [4.78, 5) is 25.8. The summed E-state index contributed by atoms with van der Waals surface area (Å²) in [6.07, 6.45) is 6.49. The van der Waals surface area contributed by atoms with Crippen LogP contribution in [0.2, 0.25) is 0 Å². The van der Waals surface area contributed by atoms with Crippen LogP contribution in [-0.2, 0) is 12.7 Å². The maximum atomic E-state index is 13.0. The summed E-state index contributed by atoms with van der Waals surface area (Å²) < 4.78 is 44.7. The second-order valence-electron chi connectivity index (χ2n) is 10.5. The first-order valence-electron chi connectivity index (χ1n) is 13.5. The van der Waals surface area contributed by atoms with E-state index in [0.717, 1.165) is 63.1 Å². The molecule has 2 aliphatic heterocycles. The van der Waals surface area contributed by atoms with Gasteiger partial charge in [-0.25, -0.2) is 0 Å². The lowest BCUT2D eigenvalue weighted by Crippen LogP contribution is -2.38. The van der Waals surface area contributed by atoms with Gasteiger partial charge in [0.25, 0.3) is 0 Å². The normalized spacial score (nSPS) is 17.8. The molecule has 5 rings (SSSR count). The van der Waals surface area contributed by atoms with Gasteiger partial charge in [-0.05, 0) is 79.9 Å². The molecule has 4 heterocycles. The van der Waals surface area contributed by atoms with Crippen LogP contribution in [0.15, 0.2) is 67.3 Å². The highest BCUT2D eigenvalue weighted by atomic mass is 19.4. The van der Waals surface area contributed by atoms with Crippen molar-refractivity contribution in [3.05, 3.63) is 83.9 Å². The third-order valence-corrected chi connectivity index (χ3v) is 7.68. The molecular weight excluding hydrogens is 505 g/mol. The number of pyridine rings is 2. The van der Waals surface area contributed by atoms with E-state index in [1.54, 1.807) is 18.5 Å². The van der Waals surface area contributed by atoms with Crippen molar-refractivity contribution >= 4 is 11.5 Å². The van der Waals surface area contributed by atoms with E-state index >= 15 is 0 Å². The van der Waals surface area contributed by atoms with E-state index in [2.05, 4.69) is 19.8 Å². The van der Waals surface area contributed by atoms with Crippen LogP contribution in [0.3, 0.4) is 0 Å². The zero-order valence-electron chi connectivity index (χ0n) is 21.8. The third kappa shape index (κ3) is 7.35. The highest BCUT2D eigenvalue weighted by molar-refractivity contribution is 5.96. The fourth-order valence-corrected chi connectivity index (χ4v) is 5.40. The Morgan fingerprint density at radius 1 is 0.897 bits per heavy atom. The van der Waals surface area contributed by atoms with E-state index in [9.17, 15) is 18.0 Å². The molecule has 6 nitrogen and oxygen atoms in total. The van der Waals surface area contributed by atoms with E-state index in [1.165, 1.54) is 17.7 Å². The number of hydrogen-bond acceptors (Lipinski definition) is 6. The highest BCUT2D eigenvalue weighted by Gasteiger charge is 2.30. The molecule has 3 aromatic rings. The highest BCUT2D eigenvalue weighted by Crippen LogP contribution is 2.31. The van der Waals surface area contributed by atoms with Crippen LogP contribution in [0.4, 0.5) is 18.9 Å². The maximum Gasteiger partial charge on any atom is 0.416 e. The van der Waals surface area contributed by atoms with Gasteiger partial charge in [-0.3, -0.25) is 19.7 Å². The molecule has 0 aliphatic carbocycles. The lowest BCUT2D eigenvalue weighted by molar-refractivity contribution is -0.137. The molecule has 1 aromatic carbocycles. The Kier molecular flexibility index (Phi) is 8.45. The zero-order valence-corrected chi connectivity index (χ0v) is 21.8. The number of carbonyl (C=O) groups excluding carboxylic acids is 1. The molecule has 39 heavy (non-hydrogen) atoms. The molecule has 0 saturated carbocycles. The number of nitrogens with zero attached hydrogens (tertiary/aromatic N) is 4. The maximum absolute atomic E-state index is 13.0. The standard InChI is InChI=1S/C30H33F3N4O2/c31-30(32,33)25-1-3-26(4-2-25)37-15-9-27(10-16-37)39-28-18-24(19-35-20-28)29(38)17-22-7-13-36(14-8-22)21-23-5-11-34-12-6-23/h1-6,11-12,18-20,22,27H,7-10,13-17,21H2. The van der Waals surface area contributed by atoms with Crippen LogP contribution < -0.4 is 9.64 Å². The van der Waals surface area contributed by atoms with Gasteiger partial charge in [0.05, 0.1) is 11.8 Å². The number of ketones is 1. The first-order chi connectivity index (χ1) is 18.8. The first-order valence-corrected chi connectivity index (χ1v) is 13.5. The van der Waals surface area contributed by atoms with E-state index in [-0.39, 0.29) is 11.9 Å². The first kappa shape index (κ1) is 27.1. The summed E-state index contributed by atoms with van der Waals surface area (Å²) in [6, 6.07) is 11.2. The molecule has 2 saturated heterocycles. The average molecular weight is 539 g/mol. The van der Waals surface area contributed by atoms with Crippen molar-refractivity contribution in [1.29, 1.82) is 0 Å². The minimum absolute atomic E-state index is 0.0347. The number of carbonyl (C=O) groups is 1. The van der Waals surface area contributed by atoms with Gasteiger partial charge >= 0.3 is 6.18 Å². The van der Waals surface area contributed by atoms with Gasteiger partial charge in [-0.15, -0.1) is 0 Å². The summed E-state index contributed by atoms with van der Waals surface area (Å²) in [5, 5.41) is 0. The van der Waals surface area contributed by atoms with Gasteiger partial charge in [0, 0.05) is 68.7 Å². The predicted molar refractivity (Wildman–Crippen MR) is 143 cm³/mol. The Morgan fingerprint density at radius 2 is 1.59 bits per heavy atom. The Morgan fingerprint density at radius 3 is 2.26 bits per heavy atom. The summed E-state index contributed by atoms with van der Waals surface area (Å²) in [5.74, 6) is 1.05. The molecule has 0 unspecified atom stereocenters. The van der Waals surface area contributed by atoms with Gasteiger partial charge in [0.1, 0.15) is 11.9 Å². The second kappa shape index (κ2) is 12.2. The molecule has 0 N–H and O–H groups in total. The van der Waals surface area contributed by atoms with Crippen molar-refractivity contribution in [2.45, 2.75) is 50.9 Å². The van der Waals surface area contributed by atoms with Crippen molar-refractivity contribution < 1.29 is 22.7 Å². The fraction of sp³-hybridized carbons (Fsp3) is 0.433. The summed E-state index contributed by atoms with van der Waals surface area (Å²) in [5.41, 5.74) is 1.97. The zero-order chi connectivity index (χ0) is 27.2. The molecule has 2 fully saturated rings. The van der Waals surface area contributed by atoms with E-state index in [0.29, 0.717) is 36.7 Å². The molecule has 0 radical (unpaired) electrons. The predicted octanol–water partition coefficient (Wildman–Crippen LogP) is 6.03. The van der Waals surface area contributed by atoms with Crippen molar-refractivity contribution in [3.63, 3.8) is 0 Å². The van der Waals surface area contributed by atoms with Crippen molar-refractivity contribution in [1.82, 2.24) is 14.9 Å². The third-order valence-electron chi connectivity index (χ3n) is 7.68. The lowest BCUT2D eigenvalue weighted by atomic mass is 9.90. The summed E-state index contributed by atoms with van der Waals surface area (Å²) >= 11 is 0. The van der Waals surface area contributed by atoms with Crippen molar-refractivity contribution in [2.24, 2.45) is 5.92 Å².